The van der Waals surface area contributed by atoms with Crippen molar-refractivity contribution in [2.45, 2.75) is 19.4 Å². The van der Waals surface area contributed by atoms with Gasteiger partial charge in [0, 0.05) is 38.0 Å². The molecule has 0 spiro atoms. The summed E-state index contributed by atoms with van der Waals surface area (Å²) in [6.07, 6.45) is 0.482. The van der Waals surface area contributed by atoms with Crippen LogP contribution in [0.15, 0.2) is 54.1 Å². The van der Waals surface area contributed by atoms with E-state index in [1.165, 1.54) is 36.3 Å². The number of benzene rings is 2. The lowest BCUT2D eigenvalue weighted by atomic mass is 9.95. The van der Waals surface area contributed by atoms with Crippen LogP contribution in [0.5, 0.6) is 5.75 Å². The number of nitrogens with zero attached hydrogens (tertiary/aromatic N) is 2. The number of aliphatic hydroxyl groups excluding tert-OH is 1. The number of rotatable bonds is 9. The summed E-state index contributed by atoms with van der Waals surface area (Å²) < 4.78 is 10.5. The fraction of sp³-hybridized carbons (Fsp3) is 0.304. The van der Waals surface area contributed by atoms with Crippen LogP contribution in [-0.4, -0.2) is 53.5 Å². The summed E-state index contributed by atoms with van der Waals surface area (Å²) in [7, 11) is 1.54. The third kappa shape index (κ3) is 4.62. The molecule has 1 saturated heterocycles. The molecule has 0 aliphatic carbocycles. The van der Waals surface area contributed by atoms with Gasteiger partial charge >= 0.3 is 0 Å². The Hall–Kier alpha value is -3.72. The fourth-order valence-corrected chi connectivity index (χ4v) is 3.65. The van der Waals surface area contributed by atoms with Crippen LogP contribution < -0.4 is 4.74 Å². The van der Waals surface area contributed by atoms with E-state index in [4.69, 9.17) is 9.47 Å². The number of hydrogen-bond acceptors (Lipinski definition) is 7. The molecule has 1 N–H and O–H groups in total. The maximum absolute atomic E-state index is 12.9. The van der Waals surface area contributed by atoms with Crippen molar-refractivity contribution < 1.29 is 29.1 Å². The van der Waals surface area contributed by atoms with Gasteiger partial charge < -0.3 is 19.5 Å². The van der Waals surface area contributed by atoms with E-state index in [-0.39, 0.29) is 23.6 Å². The first-order valence-corrected chi connectivity index (χ1v) is 10.1. The minimum atomic E-state index is -0.876. The number of nitro groups is 1. The molecule has 9 heteroatoms. The zero-order chi connectivity index (χ0) is 23.3. The number of ether oxygens (including phenoxy) is 2. The van der Waals surface area contributed by atoms with E-state index >= 15 is 0 Å². The van der Waals surface area contributed by atoms with Crippen LogP contribution >= 0.6 is 0 Å². The molecular weight excluding hydrogens is 416 g/mol. The minimum Gasteiger partial charge on any atom is -0.507 e. The number of Topliss-reactive ketones (excluding diaryl/α,β-unsaturated/α-hetero) is 1. The van der Waals surface area contributed by atoms with Crippen molar-refractivity contribution in [3.63, 3.8) is 0 Å². The van der Waals surface area contributed by atoms with Gasteiger partial charge in [-0.05, 0) is 55.3 Å². The number of aliphatic hydroxyl groups is 1. The van der Waals surface area contributed by atoms with Gasteiger partial charge in [0.05, 0.1) is 23.1 Å². The number of nitro benzene ring substituents is 1. The Bertz CT molecular complexity index is 1030. The number of ketones is 1. The number of likely N-dealkylation sites (tertiary alicyclic amines) is 1. The van der Waals surface area contributed by atoms with Crippen molar-refractivity contribution in [2.75, 3.05) is 26.9 Å². The van der Waals surface area contributed by atoms with E-state index in [9.17, 15) is 24.8 Å². The van der Waals surface area contributed by atoms with Gasteiger partial charge in [0.1, 0.15) is 11.5 Å². The van der Waals surface area contributed by atoms with Gasteiger partial charge in [-0.25, -0.2) is 0 Å². The molecule has 1 aliphatic rings. The zero-order valence-corrected chi connectivity index (χ0v) is 17.8. The molecule has 2 aromatic rings. The molecule has 1 aliphatic heterocycles. The van der Waals surface area contributed by atoms with Gasteiger partial charge in [-0.2, -0.15) is 0 Å². The number of carbonyl (C=O) groups excluding carboxylic acids is 2. The van der Waals surface area contributed by atoms with Crippen LogP contribution in [0.1, 0.15) is 30.5 Å². The van der Waals surface area contributed by atoms with Crippen LogP contribution in [0, 0.1) is 10.1 Å². The van der Waals surface area contributed by atoms with Crippen molar-refractivity contribution in [1.82, 2.24) is 4.90 Å². The number of carbonyl (C=O) groups is 2. The summed E-state index contributed by atoms with van der Waals surface area (Å²) >= 11 is 0. The number of hydrogen-bond donors (Lipinski definition) is 1. The van der Waals surface area contributed by atoms with E-state index in [2.05, 4.69) is 0 Å². The molecule has 3 rings (SSSR count). The Morgan fingerprint density at radius 3 is 2.34 bits per heavy atom. The van der Waals surface area contributed by atoms with Crippen LogP contribution in [0.2, 0.25) is 0 Å². The molecule has 9 nitrogen and oxygen atoms in total. The van der Waals surface area contributed by atoms with Gasteiger partial charge in [-0.15, -0.1) is 0 Å². The maximum Gasteiger partial charge on any atom is 0.295 e. The first-order chi connectivity index (χ1) is 15.4. The predicted octanol–water partition coefficient (Wildman–Crippen LogP) is 3.45. The third-order valence-corrected chi connectivity index (χ3v) is 5.15. The van der Waals surface area contributed by atoms with Crippen molar-refractivity contribution in [3.05, 3.63) is 75.3 Å². The Kier molecular flexibility index (Phi) is 7.21. The summed E-state index contributed by atoms with van der Waals surface area (Å²) in [6, 6.07) is 11.2. The Balaban J connectivity index is 2.07. The summed E-state index contributed by atoms with van der Waals surface area (Å²) in [6.45, 7) is 2.94. The van der Waals surface area contributed by atoms with Crippen LogP contribution in [0.4, 0.5) is 5.69 Å². The van der Waals surface area contributed by atoms with Gasteiger partial charge in [0.15, 0.2) is 0 Å². The first-order valence-electron chi connectivity index (χ1n) is 10.1. The van der Waals surface area contributed by atoms with E-state index in [0.29, 0.717) is 36.5 Å². The summed E-state index contributed by atoms with van der Waals surface area (Å²) in [4.78, 5) is 37.6. The van der Waals surface area contributed by atoms with Crippen LogP contribution in [0.25, 0.3) is 5.76 Å². The molecule has 0 aromatic heterocycles. The van der Waals surface area contributed by atoms with E-state index in [0.717, 1.165) is 0 Å². The first kappa shape index (κ1) is 23.0. The lowest BCUT2D eigenvalue weighted by Crippen LogP contribution is -2.31. The second-order valence-corrected chi connectivity index (χ2v) is 7.14. The van der Waals surface area contributed by atoms with Crippen molar-refractivity contribution in [2.24, 2.45) is 0 Å². The van der Waals surface area contributed by atoms with Gasteiger partial charge in [0.2, 0.25) is 0 Å². The molecule has 0 saturated carbocycles. The SMILES string of the molecule is CCOc1ccc(C(O)=C2C(=O)C(=O)N(CCCOC)[C@@H]2c2ccc([N+](=O)[O-])cc2)cc1. The zero-order valence-electron chi connectivity index (χ0n) is 17.8. The standard InChI is InChI=1S/C23H24N2O7/c1-3-32-18-11-7-16(8-12-18)21(26)19-20(15-5-9-17(10-6-15)25(29)30)24(13-4-14-31-2)23(28)22(19)27/h5-12,20,26H,3-4,13-14H2,1-2H3/t20-/m1/s1. The lowest BCUT2D eigenvalue weighted by molar-refractivity contribution is -0.384. The van der Waals surface area contributed by atoms with Crippen molar-refractivity contribution >= 4 is 23.1 Å². The molecule has 0 bridgehead atoms. The van der Waals surface area contributed by atoms with E-state index in [1.54, 1.807) is 24.3 Å². The highest BCUT2D eigenvalue weighted by atomic mass is 16.6. The lowest BCUT2D eigenvalue weighted by Gasteiger charge is -2.25. The largest absolute Gasteiger partial charge is 0.507 e. The smallest absolute Gasteiger partial charge is 0.295 e. The van der Waals surface area contributed by atoms with Gasteiger partial charge in [-0.3, -0.25) is 19.7 Å². The second-order valence-electron chi connectivity index (χ2n) is 7.14. The molecule has 2 aromatic carbocycles. The monoisotopic (exact) mass is 440 g/mol. The van der Waals surface area contributed by atoms with Crippen LogP contribution in [0.3, 0.4) is 0 Å². The molecule has 1 heterocycles. The average molecular weight is 440 g/mol. The van der Waals surface area contributed by atoms with Gasteiger partial charge in [-0.1, -0.05) is 0 Å². The topological polar surface area (TPSA) is 119 Å². The molecule has 1 fully saturated rings. The Labute approximate surface area is 185 Å². The highest BCUT2D eigenvalue weighted by molar-refractivity contribution is 6.46. The second kappa shape index (κ2) is 10.1. The molecule has 1 atom stereocenters. The summed E-state index contributed by atoms with van der Waals surface area (Å²) in [5, 5.41) is 22.0. The van der Waals surface area contributed by atoms with Crippen LogP contribution in [-0.2, 0) is 14.3 Å². The Morgan fingerprint density at radius 2 is 1.78 bits per heavy atom. The molecule has 1 amide bonds. The van der Waals surface area contributed by atoms with E-state index in [1.807, 2.05) is 6.92 Å². The van der Waals surface area contributed by atoms with Crippen molar-refractivity contribution in [1.29, 1.82) is 0 Å². The molecule has 168 valence electrons. The maximum atomic E-state index is 12.9. The van der Waals surface area contributed by atoms with E-state index < -0.39 is 22.7 Å². The number of non-ortho nitro benzene ring substituents is 1. The fourth-order valence-electron chi connectivity index (χ4n) is 3.65. The summed E-state index contributed by atoms with van der Waals surface area (Å²) in [5.74, 6) is -1.26. The summed E-state index contributed by atoms with van der Waals surface area (Å²) in [5.41, 5.74) is 0.664. The number of amides is 1. The molecule has 0 unspecified atom stereocenters. The van der Waals surface area contributed by atoms with Crippen molar-refractivity contribution in [3.8, 4) is 5.75 Å². The molecule has 0 radical (unpaired) electrons. The normalized spacial score (nSPS) is 17.6. The number of methoxy groups -OCH3 is 1. The third-order valence-electron chi connectivity index (χ3n) is 5.15. The molecular formula is C23H24N2O7. The predicted molar refractivity (Wildman–Crippen MR) is 116 cm³/mol. The highest BCUT2D eigenvalue weighted by Crippen LogP contribution is 2.40. The quantitative estimate of drug-likeness (QED) is 0.158. The highest BCUT2D eigenvalue weighted by Gasteiger charge is 2.45. The minimum absolute atomic E-state index is 0.0644. The average Bonchev–Trinajstić information content (AvgIpc) is 3.04. The van der Waals surface area contributed by atoms with Gasteiger partial charge in [0.25, 0.3) is 17.4 Å². The molecule has 32 heavy (non-hydrogen) atoms. The Morgan fingerprint density at radius 1 is 1.12 bits per heavy atom.